The Morgan fingerprint density at radius 2 is 1.57 bits per heavy atom. The highest BCUT2D eigenvalue weighted by molar-refractivity contribution is 6.31. The standard InChI is InChI=1S/C22H20O8/c1-3-10(23)7-8-11-13(9-15(25)30-2)21(28)17-18(19(11)26)22(29)16-12(20(17)27)5-4-6-14(16)24/h4-6,24,26,28H,3,7-9H2,1-2H3. The van der Waals surface area contributed by atoms with E-state index in [0.29, 0.717) is 0 Å². The maximum Gasteiger partial charge on any atom is 0.310 e. The summed E-state index contributed by atoms with van der Waals surface area (Å²) in [5.74, 6) is -4.13. The molecule has 0 saturated heterocycles. The third kappa shape index (κ3) is 3.30. The number of hydrogen-bond acceptors (Lipinski definition) is 8. The molecular formula is C22H20O8. The van der Waals surface area contributed by atoms with E-state index in [4.69, 9.17) is 0 Å². The van der Waals surface area contributed by atoms with Gasteiger partial charge in [-0.3, -0.25) is 19.2 Å². The van der Waals surface area contributed by atoms with Crippen LogP contribution in [0.3, 0.4) is 0 Å². The number of esters is 1. The first-order valence-corrected chi connectivity index (χ1v) is 9.32. The number of phenolic OH excluding ortho intramolecular Hbond substituents is 3. The average molecular weight is 412 g/mol. The van der Waals surface area contributed by atoms with Gasteiger partial charge in [-0.15, -0.1) is 0 Å². The number of methoxy groups -OCH3 is 1. The summed E-state index contributed by atoms with van der Waals surface area (Å²) >= 11 is 0. The number of hydrogen-bond donors (Lipinski definition) is 3. The number of Topliss-reactive ketones (excluding diaryl/α,β-unsaturated/α-hetero) is 1. The predicted molar refractivity (Wildman–Crippen MR) is 104 cm³/mol. The van der Waals surface area contributed by atoms with E-state index in [1.165, 1.54) is 18.2 Å². The molecule has 0 unspecified atom stereocenters. The Morgan fingerprint density at radius 1 is 0.933 bits per heavy atom. The minimum absolute atomic E-state index is 0.000430. The van der Waals surface area contributed by atoms with Crippen LogP contribution < -0.4 is 0 Å². The van der Waals surface area contributed by atoms with E-state index in [1.54, 1.807) is 6.92 Å². The van der Waals surface area contributed by atoms with E-state index in [9.17, 15) is 34.5 Å². The number of benzene rings is 2. The van der Waals surface area contributed by atoms with Crippen molar-refractivity contribution in [2.24, 2.45) is 0 Å². The molecule has 3 rings (SSSR count). The zero-order valence-corrected chi connectivity index (χ0v) is 16.4. The highest BCUT2D eigenvalue weighted by Crippen LogP contribution is 2.45. The molecule has 8 heteroatoms. The van der Waals surface area contributed by atoms with Gasteiger partial charge >= 0.3 is 5.97 Å². The SMILES string of the molecule is CCC(=O)CCc1c(O)c2c(c(O)c1CC(=O)OC)C(=O)c1cccc(O)c1C2=O. The molecule has 8 nitrogen and oxygen atoms in total. The summed E-state index contributed by atoms with van der Waals surface area (Å²) < 4.78 is 4.63. The lowest BCUT2D eigenvalue weighted by Crippen LogP contribution is -2.23. The van der Waals surface area contributed by atoms with Crippen molar-refractivity contribution >= 4 is 23.3 Å². The first-order chi connectivity index (χ1) is 14.2. The summed E-state index contributed by atoms with van der Waals surface area (Å²) in [7, 11) is 1.14. The van der Waals surface area contributed by atoms with Crippen LogP contribution in [0.25, 0.3) is 0 Å². The van der Waals surface area contributed by atoms with Crippen LogP contribution in [0, 0.1) is 0 Å². The fourth-order valence-corrected chi connectivity index (χ4v) is 3.61. The van der Waals surface area contributed by atoms with Crippen LogP contribution in [0.15, 0.2) is 18.2 Å². The van der Waals surface area contributed by atoms with Gasteiger partial charge in [0.2, 0.25) is 5.78 Å². The molecule has 0 saturated carbocycles. The number of aromatic hydroxyl groups is 3. The third-order valence-corrected chi connectivity index (χ3v) is 5.22. The minimum Gasteiger partial charge on any atom is -0.507 e. The van der Waals surface area contributed by atoms with Crippen LogP contribution in [-0.2, 0) is 27.2 Å². The van der Waals surface area contributed by atoms with Gasteiger partial charge in [0.25, 0.3) is 0 Å². The zero-order valence-electron chi connectivity index (χ0n) is 16.4. The van der Waals surface area contributed by atoms with Crippen molar-refractivity contribution < 1.29 is 39.2 Å². The van der Waals surface area contributed by atoms with Crippen LogP contribution in [0.4, 0.5) is 0 Å². The summed E-state index contributed by atoms with van der Waals surface area (Å²) in [5.41, 5.74) is -1.37. The Balaban J connectivity index is 2.29. The van der Waals surface area contributed by atoms with Crippen molar-refractivity contribution in [2.75, 3.05) is 7.11 Å². The summed E-state index contributed by atoms with van der Waals surface area (Å²) in [5, 5.41) is 31.8. The number of carbonyl (C=O) groups is 4. The molecule has 0 heterocycles. The Kier molecular flexibility index (Phi) is 5.60. The van der Waals surface area contributed by atoms with Gasteiger partial charge < -0.3 is 20.1 Å². The van der Waals surface area contributed by atoms with Gasteiger partial charge in [-0.1, -0.05) is 19.1 Å². The lowest BCUT2D eigenvalue weighted by molar-refractivity contribution is -0.139. The smallest absolute Gasteiger partial charge is 0.310 e. The molecule has 156 valence electrons. The average Bonchev–Trinajstić information content (AvgIpc) is 2.73. The number of ether oxygens (including phenoxy) is 1. The Hall–Kier alpha value is -3.68. The van der Waals surface area contributed by atoms with E-state index < -0.39 is 52.3 Å². The molecule has 0 aromatic heterocycles. The fourth-order valence-electron chi connectivity index (χ4n) is 3.61. The predicted octanol–water partition coefficient (Wildman–Crippen LogP) is 2.21. The molecule has 0 bridgehead atoms. The third-order valence-electron chi connectivity index (χ3n) is 5.22. The van der Waals surface area contributed by atoms with E-state index in [1.807, 2.05) is 0 Å². The summed E-state index contributed by atoms with van der Waals surface area (Å²) in [6.45, 7) is 1.67. The van der Waals surface area contributed by atoms with Gasteiger partial charge in [0.15, 0.2) is 5.78 Å². The van der Waals surface area contributed by atoms with Crippen molar-refractivity contribution in [3.8, 4) is 17.2 Å². The van der Waals surface area contributed by atoms with Crippen LogP contribution in [-0.4, -0.2) is 45.7 Å². The number of phenols is 3. The fraction of sp³-hybridized carbons (Fsp3) is 0.273. The number of rotatable bonds is 6. The molecule has 2 aromatic rings. The molecule has 0 radical (unpaired) electrons. The summed E-state index contributed by atoms with van der Waals surface area (Å²) in [6, 6.07) is 3.93. The van der Waals surface area contributed by atoms with Gasteiger partial charge in [-0.2, -0.15) is 0 Å². The molecule has 0 fully saturated rings. The van der Waals surface area contributed by atoms with Crippen molar-refractivity contribution in [3.63, 3.8) is 0 Å². The van der Waals surface area contributed by atoms with Crippen molar-refractivity contribution in [1.29, 1.82) is 0 Å². The highest BCUT2D eigenvalue weighted by Gasteiger charge is 2.39. The van der Waals surface area contributed by atoms with Crippen LogP contribution >= 0.6 is 0 Å². The van der Waals surface area contributed by atoms with E-state index in [-0.39, 0.29) is 47.3 Å². The minimum atomic E-state index is -0.835. The molecule has 0 spiro atoms. The molecule has 0 amide bonds. The molecule has 1 aliphatic rings. The van der Waals surface area contributed by atoms with Crippen molar-refractivity contribution in [3.05, 3.63) is 51.6 Å². The van der Waals surface area contributed by atoms with Gasteiger partial charge in [-0.25, -0.2) is 0 Å². The topological polar surface area (TPSA) is 138 Å². The van der Waals surface area contributed by atoms with Gasteiger partial charge in [-0.05, 0) is 12.5 Å². The van der Waals surface area contributed by atoms with E-state index in [2.05, 4.69) is 4.74 Å². The Labute approximate surface area is 171 Å². The molecule has 0 atom stereocenters. The van der Waals surface area contributed by atoms with Gasteiger partial charge in [0, 0.05) is 29.5 Å². The maximum absolute atomic E-state index is 13.0. The van der Waals surface area contributed by atoms with Crippen LogP contribution in [0.2, 0.25) is 0 Å². The van der Waals surface area contributed by atoms with Crippen LogP contribution in [0.1, 0.15) is 62.7 Å². The Morgan fingerprint density at radius 3 is 2.20 bits per heavy atom. The monoisotopic (exact) mass is 412 g/mol. The molecule has 1 aliphatic carbocycles. The second-order valence-corrected chi connectivity index (χ2v) is 6.91. The second kappa shape index (κ2) is 7.98. The van der Waals surface area contributed by atoms with Crippen molar-refractivity contribution in [1.82, 2.24) is 0 Å². The van der Waals surface area contributed by atoms with Gasteiger partial charge in [0.05, 0.1) is 30.2 Å². The molecule has 3 N–H and O–H groups in total. The normalized spacial score (nSPS) is 12.3. The number of ketones is 3. The maximum atomic E-state index is 13.0. The lowest BCUT2D eigenvalue weighted by atomic mass is 9.79. The highest BCUT2D eigenvalue weighted by atomic mass is 16.5. The second-order valence-electron chi connectivity index (χ2n) is 6.91. The number of carbonyl (C=O) groups excluding carboxylic acids is 4. The quantitative estimate of drug-likeness (QED) is 0.414. The van der Waals surface area contributed by atoms with Crippen LogP contribution in [0.5, 0.6) is 17.2 Å². The summed E-state index contributed by atoms with van der Waals surface area (Å²) in [4.78, 5) is 49.7. The van der Waals surface area contributed by atoms with Crippen molar-refractivity contribution in [2.45, 2.75) is 32.6 Å². The molecular weight excluding hydrogens is 392 g/mol. The van der Waals surface area contributed by atoms with E-state index in [0.717, 1.165) is 7.11 Å². The van der Waals surface area contributed by atoms with E-state index >= 15 is 0 Å². The largest absolute Gasteiger partial charge is 0.507 e. The molecule has 30 heavy (non-hydrogen) atoms. The van der Waals surface area contributed by atoms with Gasteiger partial charge in [0.1, 0.15) is 23.0 Å². The molecule has 0 aliphatic heterocycles. The zero-order chi connectivity index (χ0) is 22.2. The molecule has 2 aromatic carbocycles. The summed E-state index contributed by atoms with van der Waals surface area (Å²) in [6.07, 6.45) is -0.267. The number of fused-ring (bicyclic) bond motifs is 2. The first-order valence-electron chi connectivity index (χ1n) is 9.32. The lowest BCUT2D eigenvalue weighted by Gasteiger charge is -2.24. The first kappa shape index (κ1) is 21.0. The Bertz CT molecular complexity index is 1100.